The van der Waals surface area contributed by atoms with Gasteiger partial charge < -0.3 is 0 Å². The molecular weight excluding hydrogens is 445 g/mol. The van der Waals surface area contributed by atoms with Gasteiger partial charge in [-0.25, -0.2) is 8.42 Å². The lowest BCUT2D eigenvalue weighted by molar-refractivity contribution is 0.533. The summed E-state index contributed by atoms with van der Waals surface area (Å²) in [5.41, 5.74) is 0. The van der Waals surface area contributed by atoms with Crippen molar-refractivity contribution in [2.24, 2.45) is 11.8 Å². The van der Waals surface area contributed by atoms with Crippen LogP contribution in [0.4, 0.5) is 0 Å². The molecule has 0 saturated heterocycles. The zero-order valence-corrected chi connectivity index (χ0v) is 16.9. The number of hydrogen-bond acceptors (Lipinski definition) is 2. The van der Waals surface area contributed by atoms with Gasteiger partial charge >= 0.3 is 0 Å². The second kappa shape index (κ2) is 4.91. The summed E-state index contributed by atoms with van der Waals surface area (Å²) in [7, 11) is -3.64. The van der Waals surface area contributed by atoms with Crippen LogP contribution in [0.25, 0.3) is 0 Å². The normalized spacial score (nSPS) is 50.3. The van der Waals surface area contributed by atoms with Crippen LogP contribution in [0, 0.1) is 11.8 Å². The Hall–Kier alpha value is 1.17. The molecule has 23 heavy (non-hydrogen) atoms. The molecule has 2 saturated carbocycles. The molecule has 9 heteroatoms. The number of alkyl halides is 4. The minimum atomic E-state index is -3.64. The molecule has 4 rings (SSSR count). The monoisotopic (exact) mass is 454 g/mol. The molecule has 128 valence electrons. The van der Waals surface area contributed by atoms with Gasteiger partial charge in [0.1, 0.15) is 9.75 Å². The Morgan fingerprint density at radius 1 is 1.00 bits per heavy atom. The largest absolute Gasteiger partial charge is 0.228 e. The van der Waals surface area contributed by atoms with Crippen LogP contribution in [0.3, 0.4) is 0 Å². The van der Waals surface area contributed by atoms with Gasteiger partial charge in [-0.1, -0.05) is 58.6 Å². The first-order chi connectivity index (χ1) is 10.5. The first kappa shape index (κ1) is 17.6. The van der Waals surface area contributed by atoms with E-state index in [9.17, 15) is 8.42 Å². The third-order valence-corrected chi connectivity index (χ3v) is 12.9. The van der Waals surface area contributed by atoms with Crippen molar-refractivity contribution in [3.63, 3.8) is 0 Å². The lowest BCUT2D eigenvalue weighted by Gasteiger charge is -2.35. The summed E-state index contributed by atoms with van der Waals surface area (Å²) in [5, 5.41) is -1.57. The summed E-state index contributed by atoms with van der Waals surface area (Å²) in [6.07, 6.45) is 5.46. The average molecular weight is 457 g/mol. The average Bonchev–Trinajstić information content (AvgIpc) is 3.16. The van der Waals surface area contributed by atoms with Crippen LogP contribution in [-0.2, 0) is 9.84 Å². The quantitative estimate of drug-likeness (QED) is 0.434. The molecule has 0 radical (unpaired) electrons. The topological polar surface area (TPSA) is 34.1 Å². The van der Waals surface area contributed by atoms with Crippen molar-refractivity contribution in [2.75, 3.05) is 0 Å². The number of allylic oxidation sites excluding steroid dienone is 4. The van der Waals surface area contributed by atoms with Gasteiger partial charge in [-0.15, -0.1) is 23.2 Å². The number of halogens is 6. The fourth-order valence-electron chi connectivity index (χ4n) is 4.52. The Labute approximate surface area is 165 Å². The first-order valence-corrected chi connectivity index (χ1v) is 11.1. The van der Waals surface area contributed by atoms with E-state index in [0.29, 0.717) is 12.3 Å². The van der Waals surface area contributed by atoms with Crippen LogP contribution < -0.4 is 0 Å². The molecule has 0 aromatic carbocycles. The fourth-order valence-corrected chi connectivity index (χ4v) is 10.7. The molecule has 4 bridgehead atoms. The van der Waals surface area contributed by atoms with E-state index < -0.39 is 34.4 Å². The Bertz CT molecular complexity index is 759. The summed E-state index contributed by atoms with van der Waals surface area (Å²) in [6.45, 7) is 0. The van der Waals surface area contributed by atoms with Crippen molar-refractivity contribution >= 4 is 79.4 Å². The third-order valence-electron chi connectivity index (χ3n) is 5.76. The van der Waals surface area contributed by atoms with Crippen LogP contribution in [-0.4, -0.2) is 33.0 Å². The maximum atomic E-state index is 13.3. The smallest absolute Gasteiger partial charge is 0.167 e. The standard InChI is InChI=1S/C14H12Cl6O2S/c15-10-11(16)13(18)9(5-12(10,17)14(13,19)20)23(21,22)8-4-6-1-2-7(8)3-6/h1-2,6-9H,3-5H2. The number of hydrogen-bond donors (Lipinski definition) is 0. The second-order valence-corrected chi connectivity index (χ2v) is 12.5. The molecule has 0 aliphatic heterocycles. The van der Waals surface area contributed by atoms with Crippen LogP contribution in [0.15, 0.2) is 22.2 Å². The van der Waals surface area contributed by atoms with Gasteiger partial charge in [0.15, 0.2) is 14.2 Å². The van der Waals surface area contributed by atoms with Crippen molar-refractivity contribution in [2.45, 2.75) is 43.8 Å². The summed E-state index contributed by atoms with van der Waals surface area (Å²) >= 11 is 38.4. The van der Waals surface area contributed by atoms with E-state index in [0.717, 1.165) is 6.42 Å². The van der Waals surface area contributed by atoms with E-state index in [-0.39, 0.29) is 22.4 Å². The molecule has 0 heterocycles. The Morgan fingerprint density at radius 3 is 2.09 bits per heavy atom. The first-order valence-electron chi connectivity index (χ1n) is 7.21. The Kier molecular flexibility index (Phi) is 3.75. The highest BCUT2D eigenvalue weighted by atomic mass is 35.5. The molecule has 6 atom stereocenters. The molecule has 0 spiro atoms. The van der Waals surface area contributed by atoms with Crippen LogP contribution in [0.5, 0.6) is 0 Å². The Balaban J connectivity index is 1.82. The fraction of sp³-hybridized carbons (Fsp3) is 0.714. The zero-order chi connectivity index (χ0) is 17.0. The van der Waals surface area contributed by atoms with Crippen molar-refractivity contribution in [1.29, 1.82) is 0 Å². The zero-order valence-electron chi connectivity index (χ0n) is 11.6. The van der Waals surface area contributed by atoms with E-state index in [2.05, 4.69) is 6.08 Å². The second-order valence-electron chi connectivity index (χ2n) is 6.82. The summed E-state index contributed by atoms with van der Waals surface area (Å²) in [6, 6.07) is 0. The highest BCUT2D eigenvalue weighted by molar-refractivity contribution is 7.92. The molecular formula is C14H12Cl6O2S. The van der Waals surface area contributed by atoms with Gasteiger partial charge in [0.05, 0.1) is 20.6 Å². The molecule has 4 aliphatic rings. The maximum Gasteiger partial charge on any atom is 0.167 e. The number of fused-ring (bicyclic) bond motifs is 4. The molecule has 0 aromatic heterocycles. The molecule has 6 unspecified atom stereocenters. The van der Waals surface area contributed by atoms with Crippen molar-refractivity contribution in [3.8, 4) is 0 Å². The van der Waals surface area contributed by atoms with Gasteiger partial charge in [0, 0.05) is 0 Å². The molecule has 0 aromatic rings. The maximum absolute atomic E-state index is 13.3. The predicted molar refractivity (Wildman–Crippen MR) is 96.8 cm³/mol. The minimum absolute atomic E-state index is 0.00828. The molecule has 4 aliphatic carbocycles. The van der Waals surface area contributed by atoms with E-state index in [1.54, 1.807) is 0 Å². The molecule has 0 amide bonds. The highest BCUT2D eigenvalue weighted by Crippen LogP contribution is 2.73. The lowest BCUT2D eigenvalue weighted by Crippen LogP contribution is -2.50. The van der Waals surface area contributed by atoms with Crippen LogP contribution in [0.2, 0.25) is 0 Å². The summed E-state index contributed by atoms with van der Waals surface area (Å²) in [5.74, 6) is 0.315. The van der Waals surface area contributed by atoms with Gasteiger partial charge in [-0.05, 0) is 31.1 Å². The van der Waals surface area contributed by atoms with E-state index in [1.165, 1.54) is 0 Å². The van der Waals surface area contributed by atoms with Crippen LogP contribution >= 0.6 is 69.6 Å². The molecule has 2 fully saturated rings. The Morgan fingerprint density at radius 2 is 1.65 bits per heavy atom. The van der Waals surface area contributed by atoms with E-state index in [1.807, 2.05) is 6.08 Å². The van der Waals surface area contributed by atoms with Crippen LogP contribution in [0.1, 0.15) is 19.3 Å². The van der Waals surface area contributed by atoms with Crippen molar-refractivity contribution < 1.29 is 8.42 Å². The van der Waals surface area contributed by atoms with Gasteiger partial charge in [-0.3, -0.25) is 0 Å². The predicted octanol–water partition coefficient (Wildman–Crippen LogP) is 4.97. The van der Waals surface area contributed by atoms with E-state index in [4.69, 9.17) is 69.6 Å². The van der Waals surface area contributed by atoms with Crippen molar-refractivity contribution in [1.82, 2.24) is 0 Å². The molecule has 0 N–H and O–H groups in total. The minimum Gasteiger partial charge on any atom is -0.228 e. The van der Waals surface area contributed by atoms with Crippen molar-refractivity contribution in [3.05, 3.63) is 22.2 Å². The molecule has 2 nitrogen and oxygen atoms in total. The van der Waals surface area contributed by atoms with Gasteiger partial charge in [-0.2, -0.15) is 0 Å². The number of sulfone groups is 1. The SMILES string of the molecule is O=S(=O)(C1CC2C=CC1C2)C1CC2(Cl)C(Cl)=C(Cl)C1(Cl)C2(Cl)Cl. The van der Waals surface area contributed by atoms with Gasteiger partial charge in [0.2, 0.25) is 0 Å². The highest BCUT2D eigenvalue weighted by Gasteiger charge is 2.81. The number of rotatable bonds is 2. The summed E-state index contributed by atoms with van der Waals surface area (Å²) < 4.78 is 24.8. The summed E-state index contributed by atoms with van der Waals surface area (Å²) in [4.78, 5) is -3.21. The van der Waals surface area contributed by atoms with E-state index >= 15 is 0 Å². The van der Waals surface area contributed by atoms with Gasteiger partial charge in [0.25, 0.3) is 0 Å². The lowest BCUT2D eigenvalue weighted by atomic mass is 10.1. The third kappa shape index (κ3) is 1.84.